The fourth-order valence-electron chi connectivity index (χ4n) is 3.16. The van der Waals surface area contributed by atoms with Crippen molar-refractivity contribution in [1.82, 2.24) is 15.0 Å². The molecule has 2 N–H and O–H groups in total. The second-order valence-corrected chi connectivity index (χ2v) is 6.93. The summed E-state index contributed by atoms with van der Waals surface area (Å²) in [6.45, 7) is 1.87. The average molecular weight is 398 g/mol. The van der Waals surface area contributed by atoms with Crippen molar-refractivity contribution >= 4 is 29.7 Å². The lowest BCUT2D eigenvalue weighted by Gasteiger charge is -2.26. The van der Waals surface area contributed by atoms with E-state index in [1.54, 1.807) is 18.3 Å². The normalized spacial score (nSPS) is 13.8. The van der Waals surface area contributed by atoms with Gasteiger partial charge in [-0.3, -0.25) is 0 Å². The first-order valence-electron chi connectivity index (χ1n) is 9.92. The molecule has 1 aliphatic rings. The van der Waals surface area contributed by atoms with Crippen LogP contribution in [0.5, 0.6) is 0 Å². The third-order valence-corrected chi connectivity index (χ3v) is 4.71. The van der Waals surface area contributed by atoms with Gasteiger partial charge >= 0.3 is 0 Å². The van der Waals surface area contributed by atoms with E-state index < -0.39 is 0 Å². The summed E-state index contributed by atoms with van der Waals surface area (Å²) >= 11 is 0. The fourth-order valence-corrected chi connectivity index (χ4v) is 3.16. The van der Waals surface area contributed by atoms with Crippen molar-refractivity contribution < 1.29 is 0 Å². The zero-order valence-electron chi connectivity index (χ0n) is 16.5. The highest BCUT2D eigenvalue weighted by Gasteiger charge is 2.16. The number of benzene rings is 2. The maximum Gasteiger partial charge on any atom is 0.250 e. The van der Waals surface area contributed by atoms with Gasteiger partial charge < -0.3 is 10.2 Å². The molecular weight excluding hydrogens is 376 g/mol. The van der Waals surface area contributed by atoms with E-state index in [2.05, 4.69) is 41.8 Å². The van der Waals surface area contributed by atoms with Gasteiger partial charge in [-0.25, -0.2) is 5.43 Å². The Morgan fingerprint density at radius 3 is 2.37 bits per heavy atom. The Hall–Kier alpha value is -3.99. The number of aromatic nitrogens is 3. The SMILES string of the molecule is N#Cc1ccc(C=NNc2nc(Nc3ccccc3)nc(N3CCCCC3)n2)cc1. The van der Waals surface area contributed by atoms with Crippen molar-refractivity contribution in [3.63, 3.8) is 0 Å². The number of nitriles is 1. The number of hydrazone groups is 1. The molecule has 1 aliphatic heterocycles. The first kappa shape index (κ1) is 19.3. The standard InChI is InChI=1S/C22H22N8/c23-15-17-9-11-18(12-10-17)16-24-29-21-26-20(25-19-7-3-1-4-8-19)27-22(28-21)30-13-5-2-6-14-30/h1,3-4,7-12,16H,2,5-6,13-14H2,(H2,25,26,27,28,29). The van der Waals surface area contributed by atoms with E-state index in [1.165, 1.54) is 6.42 Å². The van der Waals surface area contributed by atoms with Gasteiger partial charge in [0.2, 0.25) is 17.8 Å². The second kappa shape index (κ2) is 9.47. The first-order chi connectivity index (χ1) is 14.8. The number of anilines is 4. The fraction of sp³-hybridized carbons (Fsp3) is 0.227. The molecule has 1 aromatic heterocycles. The molecule has 4 rings (SSSR count). The van der Waals surface area contributed by atoms with E-state index >= 15 is 0 Å². The predicted molar refractivity (Wildman–Crippen MR) is 118 cm³/mol. The lowest BCUT2D eigenvalue weighted by molar-refractivity contribution is 0.568. The Kier molecular flexibility index (Phi) is 6.11. The third kappa shape index (κ3) is 5.08. The number of hydrogen-bond donors (Lipinski definition) is 2. The second-order valence-electron chi connectivity index (χ2n) is 6.93. The number of rotatable bonds is 6. The van der Waals surface area contributed by atoms with E-state index in [1.807, 2.05) is 42.5 Å². The van der Waals surface area contributed by atoms with E-state index in [-0.39, 0.29) is 0 Å². The van der Waals surface area contributed by atoms with Crippen molar-refractivity contribution in [3.05, 3.63) is 65.7 Å². The number of nitrogens with zero attached hydrogens (tertiary/aromatic N) is 6. The highest BCUT2D eigenvalue weighted by Crippen LogP contribution is 2.20. The monoisotopic (exact) mass is 398 g/mol. The van der Waals surface area contributed by atoms with Crippen molar-refractivity contribution in [1.29, 1.82) is 5.26 Å². The lowest BCUT2D eigenvalue weighted by atomic mass is 10.1. The van der Waals surface area contributed by atoms with Crippen LogP contribution in [0.1, 0.15) is 30.4 Å². The van der Waals surface area contributed by atoms with Gasteiger partial charge in [-0.15, -0.1) is 0 Å². The molecule has 150 valence electrons. The smallest absolute Gasteiger partial charge is 0.250 e. The van der Waals surface area contributed by atoms with Crippen LogP contribution in [-0.2, 0) is 0 Å². The number of hydrogen-bond acceptors (Lipinski definition) is 8. The molecular formula is C22H22N8. The molecule has 0 amide bonds. The minimum atomic E-state index is 0.369. The molecule has 8 heteroatoms. The van der Waals surface area contributed by atoms with Gasteiger partial charge in [-0.1, -0.05) is 30.3 Å². The Bertz CT molecular complexity index is 1030. The van der Waals surface area contributed by atoms with Gasteiger partial charge in [0, 0.05) is 18.8 Å². The zero-order valence-corrected chi connectivity index (χ0v) is 16.5. The predicted octanol–water partition coefficient (Wildman–Crippen LogP) is 3.92. The van der Waals surface area contributed by atoms with Crippen LogP contribution >= 0.6 is 0 Å². The molecule has 0 saturated carbocycles. The van der Waals surface area contributed by atoms with Crippen LogP contribution in [0.2, 0.25) is 0 Å². The van der Waals surface area contributed by atoms with E-state index in [0.717, 1.165) is 37.2 Å². The van der Waals surface area contributed by atoms with Gasteiger partial charge in [0.25, 0.3) is 0 Å². The molecule has 30 heavy (non-hydrogen) atoms. The van der Waals surface area contributed by atoms with Gasteiger partial charge in [0.1, 0.15) is 0 Å². The average Bonchev–Trinajstić information content (AvgIpc) is 2.81. The zero-order chi connectivity index (χ0) is 20.6. The minimum Gasteiger partial charge on any atom is -0.341 e. The van der Waals surface area contributed by atoms with Crippen LogP contribution in [-0.4, -0.2) is 34.3 Å². The van der Waals surface area contributed by atoms with Crippen LogP contribution < -0.4 is 15.6 Å². The highest BCUT2D eigenvalue weighted by atomic mass is 15.4. The molecule has 1 saturated heterocycles. The topological polar surface area (TPSA) is 102 Å². The summed E-state index contributed by atoms with van der Waals surface area (Å²) in [5, 5.41) is 16.4. The first-order valence-corrected chi connectivity index (χ1v) is 9.92. The molecule has 2 heterocycles. The Morgan fingerprint density at radius 2 is 1.63 bits per heavy atom. The van der Waals surface area contributed by atoms with E-state index in [4.69, 9.17) is 5.26 Å². The molecule has 1 fully saturated rings. The van der Waals surface area contributed by atoms with Crippen LogP contribution in [0, 0.1) is 11.3 Å². The number of para-hydroxylation sites is 1. The maximum absolute atomic E-state index is 8.89. The molecule has 0 aliphatic carbocycles. The van der Waals surface area contributed by atoms with Crippen LogP contribution in [0.4, 0.5) is 23.5 Å². The van der Waals surface area contributed by atoms with Gasteiger partial charge in [0.05, 0.1) is 17.8 Å². The molecule has 0 unspecified atom stereocenters. The summed E-state index contributed by atoms with van der Waals surface area (Å²) in [5.41, 5.74) is 5.29. The summed E-state index contributed by atoms with van der Waals surface area (Å²) in [6, 6.07) is 19.1. The summed E-state index contributed by atoms with van der Waals surface area (Å²) in [7, 11) is 0. The van der Waals surface area contributed by atoms with Gasteiger partial charge in [-0.2, -0.15) is 25.3 Å². The molecule has 0 atom stereocenters. The van der Waals surface area contributed by atoms with Crippen LogP contribution in [0.25, 0.3) is 0 Å². The Morgan fingerprint density at radius 1 is 0.900 bits per heavy atom. The molecule has 2 aromatic carbocycles. The van der Waals surface area contributed by atoms with E-state index in [9.17, 15) is 0 Å². The summed E-state index contributed by atoms with van der Waals surface area (Å²) in [5.74, 6) is 1.47. The summed E-state index contributed by atoms with van der Waals surface area (Å²) in [6.07, 6.45) is 5.16. The van der Waals surface area contributed by atoms with Crippen molar-refractivity contribution in [2.45, 2.75) is 19.3 Å². The molecule has 0 radical (unpaired) electrons. The molecule has 8 nitrogen and oxygen atoms in total. The number of piperidine rings is 1. The van der Waals surface area contributed by atoms with Crippen molar-refractivity contribution in [2.75, 3.05) is 28.7 Å². The molecule has 0 spiro atoms. The third-order valence-electron chi connectivity index (χ3n) is 4.71. The Balaban J connectivity index is 1.54. The lowest BCUT2D eigenvalue weighted by Crippen LogP contribution is -2.31. The van der Waals surface area contributed by atoms with Crippen molar-refractivity contribution in [3.8, 4) is 6.07 Å². The Labute approximate surface area is 175 Å². The van der Waals surface area contributed by atoms with Crippen molar-refractivity contribution in [2.24, 2.45) is 5.10 Å². The summed E-state index contributed by atoms with van der Waals surface area (Å²) < 4.78 is 0. The van der Waals surface area contributed by atoms with Crippen LogP contribution in [0.3, 0.4) is 0 Å². The molecule has 0 bridgehead atoms. The summed E-state index contributed by atoms with van der Waals surface area (Å²) in [4.78, 5) is 15.8. The number of nitrogens with one attached hydrogen (secondary N) is 2. The quantitative estimate of drug-likeness (QED) is 0.479. The molecule has 3 aromatic rings. The minimum absolute atomic E-state index is 0.369. The van der Waals surface area contributed by atoms with E-state index in [0.29, 0.717) is 23.4 Å². The van der Waals surface area contributed by atoms with Gasteiger partial charge in [-0.05, 0) is 49.1 Å². The van der Waals surface area contributed by atoms with Crippen LogP contribution in [0.15, 0.2) is 59.7 Å². The van der Waals surface area contributed by atoms with Gasteiger partial charge in [0.15, 0.2) is 0 Å². The highest BCUT2D eigenvalue weighted by molar-refractivity contribution is 5.80. The largest absolute Gasteiger partial charge is 0.341 e. The maximum atomic E-state index is 8.89.